The van der Waals surface area contributed by atoms with Crippen molar-refractivity contribution in [1.82, 2.24) is 15.1 Å². The Labute approximate surface area is 252 Å². The van der Waals surface area contributed by atoms with Crippen LogP contribution in [0.1, 0.15) is 54.4 Å². The Morgan fingerprint density at radius 1 is 0.857 bits per heavy atom. The van der Waals surface area contributed by atoms with Crippen LogP contribution in [0.3, 0.4) is 0 Å². The van der Waals surface area contributed by atoms with Crippen LogP contribution in [-0.4, -0.2) is 59.3 Å². The molecule has 2 fully saturated rings. The van der Waals surface area contributed by atoms with Crippen molar-refractivity contribution in [3.8, 4) is 5.75 Å². The molecule has 1 aliphatic heterocycles. The summed E-state index contributed by atoms with van der Waals surface area (Å²) in [5, 5.41) is 3.96. The van der Waals surface area contributed by atoms with Crippen molar-refractivity contribution in [3.05, 3.63) is 101 Å². The molecule has 1 aliphatic carbocycles. The molecule has 3 amide bonds. The second kappa shape index (κ2) is 14.4. The number of ether oxygens (including phenoxy) is 1. The number of benzene rings is 3. The van der Waals surface area contributed by atoms with Crippen molar-refractivity contribution in [2.75, 3.05) is 19.7 Å². The van der Waals surface area contributed by atoms with E-state index in [4.69, 9.17) is 16.3 Å². The molecule has 0 aromatic heterocycles. The van der Waals surface area contributed by atoms with Gasteiger partial charge in [-0.25, -0.2) is 0 Å². The summed E-state index contributed by atoms with van der Waals surface area (Å²) >= 11 is 6.13. The maximum absolute atomic E-state index is 13.9. The quantitative estimate of drug-likeness (QED) is 0.347. The third-order valence-corrected chi connectivity index (χ3v) is 8.51. The summed E-state index contributed by atoms with van der Waals surface area (Å²) in [6, 6.07) is 25.8. The summed E-state index contributed by atoms with van der Waals surface area (Å²) < 4.78 is 5.66. The van der Waals surface area contributed by atoms with Gasteiger partial charge in [-0.1, -0.05) is 73.0 Å². The molecule has 1 saturated carbocycles. The van der Waals surface area contributed by atoms with Crippen molar-refractivity contribution in [3.63, 3.8) is 0 Å². The first kappa shape index (κ1) is 29.6. The van der Waals surface area contributed by atoms with Crippen LogP contribution < -0.4 is 10.1 Å². The average Bonchev–Trinajstić information content (AvgIpc) is 3.04. The first-order valence-electron chi connectivity index (χ1n) is 14.8. The first-order valence-corrected chi connectivity index (χ1v) is 15.2. The topological polar surface area (TPSA) is 79.0 Å². The van der Waals surface area contributed by atoms with E-state index in [1.165, 1.54) is 0 Å². The number of nitrogens with one attached hydrogen (secondary N) is 1. The molecule has 2 unspecified atom stereocenters. The number of likely N-dealkylation sites (tertiary alicyclic amines) is 1. The monoisotopic (exact) mass is 587 g/mol. The fourth-order valence-corrected chi connectivity index (χ4v) is 6.12. The number of hydrogen-bond acceptors (Lipinski definition) is 4. The maximum Gasteiger partial charge on any atom is 0.260 e. The third-order valence-electron chi connectivity index (χ3n) is 8.26. The molecular formula is C34H38ClN3O4. The number of nitrogens with zero attached hydrogens (tertiary/aromatic N) is 2. The molecule has 3 aromatic rings. The van der Waals surface area contributed by atoms with E-state index in [0.29, 0.717) is 36.0 Å². The summed E-state index contributed by atoms with van der Waals surface area (Å²) in [4.78, 5) is 44.0. The minimum Gasteiger partial charge on any atom is -0.484 e. The van der Waals surface area contributed by atoms with Gasteiger partial charge in [-0.2, -0.15) is 0 Å². The Hall–Kier alpha value is -3.84. The maximum atomic E-state index is 13.9. The van der Waals surface area contributed by atoms with E-state index < -0.39 is 0 Å². The Bertz CT molecular complexity index is 1340. The zero-order valence-electron chi connectivity index (χ0n) is 23.8. The largest absolute Gasteiger partial charge is 0.484 e. The van der Waals surface area contributed by atoms with Gasteiger partial charge in [0.15, 0.2) is 6.61 Å². The SMILES string of the molecule is O=C(NC1CCCC[C@H]1N(Cc1ccc(Cl)cc1)C(=O)c1ccccc1)C1CCCN(C(=O)COc2ccccc2)C1. The van der Waals surface area contributed by atoms with Crippen LogP contribution in [-0.2, 0) is 16.1 Å². The van der Waals surface area contributed by atoms with Gasteiger partial charge >= 0.3 is 0 Å². The fraction of sp³-hybridized carbons (Fsp3) is 0.382. The molecule has 0 spiro atoms. The van der Waals surface area contributed by atoms with Crippen LogP contribution in [0, 0.1) is 5.92 Å². The van der Waals surface area contributed by atoms with Crippen molar-refractivity contribution in [1.29, 1.82) is 0 Å². The second-order valence-corrected chi connectivity index (χ2v) is 11.6. The summed E-state index contributed by atoms with van der Waals surface area (Å²) in [5.74, 6) is 0.135. The van der Waals surface area contributed by atoms with Crippen LogP contribution >= 0.6 is 11.6 Å². The number of halogens is 1. The van der Waals surface area contributed by atoms with Gasteiger partial charge in [0.2, 0.25) is 5.91 Å². The van der Waals surface area contributed by atoms with Crippen LogP contribution in [0.15, 0.2) is 84.9 Å². The predicted molar refractivity (Wildman–Crippen MR) is 163 cm³/mol. The lowest BCUT2D eigenvalue weighted by Gasteiger charge is -2.41. The molecule has 3 atom stereocenters. The van der Waals surface area contributed by atoms with Gasteiger partial charge in [0.25, 0.3) is 11.8 Å². The van der Waals surface area contributed by atoms with Crippen molar-refractivity contribution in [2.45, 2.75) is 57.2 Å². The molecule has 1 heterocycles. The van der Waals surface area contributed by atoms with E-state index in [1.54, 1.807) is 4.90 Å². The Balaban J connectivity index is 1.26. The number of piperidine rings is 1. The molecule has 2 aliphatic rings. The standard InChI is InChI=1S/C34H38ClN3O4/c35-28-19-17-25(18-20-28)22-38(34(41)26-10-3-1-4-11-26)31-16-8-7-15-30(31)36-33(40)27-12-9-21-37(23-27)32(39)24-42-29-13-5-2-6-14-29/h1-6,10-11,13-14,17-20,27,30-31H,7-9,12,15-16,21-24H2,(H,36,40)/t27?,30?,31-/m1/s1. The Kier molecular flexibility index (Phi) is 10.1. The van der Waals surface area contributed by atoms with Crippen molar-refractivity contribution in [2.24, 2.45) is 5.92 Å². The summed E-state index contributed by atoms with van der Waals surface area (Å²) in [6.45, 7) is 1.37. The highest BCUT2D eigenvalue weighted by Gasteiger charge is 2.36. The van der Waals surface area contributed by atoms with Gasteiger partial charge in [0.1, 0.15) is 5.75 Å². The number of rotatable bonds is 9. The van der Waals surface area contributed by atoms with E-state index in [-0.39, 0.29) is 42.3 Å². The Morgan fingerprint density at radius 2 is 1.55 bits per heavy atom. The van der Waals surface area contributed by atoms with E-state index >= 15 is 0 Å². The summed E-state index contributed by atoms with van der Waals surface area (Å²) in [5.41, 5.74) is 1.61. The lowest BCUT2D eigenvalue weighted by molar-refractivity contribution is -0.137. The zero-order valence-corrected chi connectivity index (χ0v) is 24.5. The molecular weight excluding hydrogens is 550 g/mol. The second-order valence-electron chi connectivity index (χ2n) is 11.2. The summed E-state index contributed by atoms with van der Waals surface area (Å²) in [6.07, 6.45) is 5.08. The Morgan fingerprint density at radius 3 is 2.29 bits per heavy atom. The highest BCUT2D eigenvalue weighted by atomic mass is 35.5. The van der Waals surface area contributed by atoms with Gasteiger partial charge in [-0.05, 0) is 67.6 Å². The smallest absolute Gasteiger partial charge is 0.260 e. The average molecular weight is 588 g/mol. The van der Waals surface area contributed by atoms with Gasteiger partial charge in [-0.15, -0.1) is 0 Å². The van der Waals surface area contributed by atoms with E-state index in [2.05, 4.69) is 5.32 Å². The van der Waals surface area contributed by atoms with Crippen LogP contribution in [0.4, 0.5) is 0 Å². The van der Waals surface area contributed by atoms with Crippen LogP contribution in [0.2, 0.25) is 5.02 Å². The number of amides is 3. The number of carbonyl (C=O) groups excluding carboxylic acids is 3. The highest BCUT2D eigenvalue weighted by Crippen LogP contribution is 2.28. The molecule has 220 valence electrons. The zero-order chi connectivity index (χ0) is 29.3. The first-order chi connectivity index (χ1) is 20.5. The minimum atomic E-state index is -0.295. The van der Waals surface area contributed by atoms with Gasteiger partial charge in [0.05, 0.1) is 12.0 Å². The van der Waals surface area contributed by atoms with E-state index in [0.717, 1.165) is 44.1 Å². The minimum absolute atomic E-state index is 0.0491. The number of carbonyl (C=O) groups is 3. The number of para-hydroxylation sites is 1. The normalized spacial score (nSPS) is 20.4. The highest BCUT2D eigenvalue weighted by molar-refractivity contribution is 6.30. The van der Waals surface area contributed by atoms with Crippen LogP contribution in [0.5, 0.6) is 5.75 Å². The molecule has 42 heavy (non-hydrogen) atoms. The molecule has 0 radical (unpaired) electrons. The van der Waals surface area contributed by atoms with Gasteiger partial charge < -0.3 is 19.9 Å². The van der Waals surface area contributed by atoms with Crippen molar-refractivity contribution < 1.29 is 19.1 Å². The number of hydrogen-bond donors (Lipinski definition) is 1. The molecule has 0 bridgehead atoms. The predicted octanol–water partition coefficient (Wildman–Crippen LogP) is 5.73. The molecule has 1 saturated heterocycles. The molecule has 5 rings (SSSR count). The lowest BCUT2D eigenvalue weighted by atomic mass is 9.87. The van der Waals surface area contributed by atoms with Crippen molar-refractivity contribution >= 4 is 29.3 Å². The molecule has 1 N–H and O–H groups in total. The summed E-state index contributed by atoms with van der Waals surface area (Å²) in [7, 11) is 0. The molecule has 8 heteroatoms. The lowest BCUT2D eigenvalue weighted by Crippen LogP contribution is -2.56. The van der Waals surface area contributed by atoms with E-state index in [9.17, 15) is 14.4 Å². The van der Waals surface area contributed by atoms with Crippen LogP contribution in [0.25, 0.3) is 0 Å². The fourth-order valence-electron chi connectivity index (χ4n) is 6.00. The molecule has 7 nitrogen and oxygen atoms in total. The van der Waals surface area contributed by atoms with E-state index in [1.807, 2.05) is 89.8 Å². The van der Waals surface area contributed by atoms with Gasteiger partial charge in [0, 0.05) is 36.3 Å². The third kappa shape index (κ3) is 7.71. The van der Waals surface area contributed by atoms with Gasteiger partial charge in [-0.3, -0.25) is 14.4 Å². The molecule has 3 aromatic carbocycles.